The van der Waals surface area contributed by atoms with Crippen molar-refractivity contribution in [3.05, 3.63) is 41.4 Å². The van der Waals surface area contributed by atoms with Gasteiger partial charge in [0.1, 0.15) is 22.7 Å². The number of carbonyl (C=O) groups is 1. The van der Waals surface area contributed by atoms with E-state index >= 15 is 0 Å². The molecule has 3 aromatic heterocycles. The second kappa shape index (κ2) is 5.92. The lowest BCUT2D eigenvalue weighted by molar-refractivity contribution is -0.119. The lowest BCUT2D eigenvalue weighted by atomic mass is 10.3. The van der Waals surface area contributed by atoms with Crippen LogP contribution in [-0.4, -0.2) is 22.4 Å². The van der Waals surface area contributed by atoms with E-state index < -0.39 is 0 Å². The van der Waals surface area contributed by atoms with E-state index in [1.165, 1.54) is 6.33 Å². The van der Waals surface area contributed by atoms with Crippen molar-refractivity contribution in [2.24, 2.45) is 0 Å². The zero-order valence-corrected chi connectivity index (χ0v) is 12.2. The molecule has 0 radical (unpaired) electrons. The molecule has 0 atom stereocenters. The Bertz CT molecular complexity index is 752. The molecule has 21 heavy (non-hydrogen) atoms. The summed E-state index contributed by atoms with van der Waals surface area (Å²) in [7, 11) is 0. The summed E-state index contributed by atoms with van der Waals surface area (Å²) in [6, 6.07) is 5.62. The number of rotatable bonds is 5. The molecule has 3 rings (SSSR count). The summed E-state index contributed by atoms with van der Waals surface area (Å²) >= 11 is 1.61. The summed E-state index contributed by atoms with van der Waals surface area (Å²) in [4.78, 5) is 22.3. The molecule has 2 N–H and O–H groups in total. The Hall–Kier alpha value is -2.41. The first-order valence-electron chi connectivity index (χ1n) is 6.46. The Labute approximate surface area is 125 Å². The van der Waals surface area contributed by atoms with Crippen LogP contribution in [0.2, 0.25) is 0 Å². The highest BCUT2D eigenvalue weighted by Gasteiger charge is 2.08. The Balaban J connectivity index is 1.59. The van der Waals surface area contributed by atoms with Crippen molar-refractivity contribution in [1.29, 1.82) is 0 Å². The van der Waals surface area contributed by atoms with Gasteiger partial charge in [-0.05, 0) is 25.1 Å². The van der Waals surface area contributed by atoms with Crippen LogP contribution in [-0.2, 0) is 11.3 Å². The maximum absolute atomic E-state index is 11.8. The Kier molecular flexibility index (Phi) is 3.83. The number of hydrogen-bond acceptors (Lipinski definition) is 6. The maximum atomic E-state index is 11.8. The van der Waals surface area contributed by atoms with Gasteiger partial charge in [0.15, 0.2) is 0 Å². The monoisotopic (exact) mass is 302 g/mol. The molecule has 6 nitrogen and oxygen atoms in total. The second-order valence-electron chi connectivity index (χ2n) is 4.51. The molecule has 0 aromatic carbocycles. The second-order valence-corrected chi connectivity index (χ2v) is 5.74. The van der Waals surface area contributed by atoms with E-state index in [9.17, 15) is 4.79 Å². The normalized spacial score (nSPS) is 10.7. The van der Waals surface area contributed by atoms with E-state index in [2.05, 4.69) is 20.6 Å². The highest BCUT2D eigenvalue weighted by atomic mass is 32.1. The zero-order valence-electron chi connectivity index (χ0n) is 11.4. The summed E-state index contributed by atoms with van der Waals surface area (Å²) in [5.41, 5.74) is 0. The molecule has 0 spiro atoms. The number of nitrogens with one attached hydrogen (secondary N) is 2. The average Bonchev–Trinajstić information content (AvgIpc) is 3.10. The van der Waals surface area contributed by atoms with Crippen molar-refractivity contribution in [3.63, 3.8) is 0 Å². The van der Waals surface area contributed by atoms with Crippen molar-refractivity contribution in [2.45, 2.75) is 13.5 Å². The SMILES string of the molecule is Cc1cc2c(NCC(=O)NCc3ccco3)ncnc2s1. The Morgan fingerprint density at radius 2 is 2.33 bits per heavy atom. The number of anilines is 1. The van der Waals surface area contributed by atoms with Crippen LogP contribution in [0.15, 0.2) is 35.2 Å². The number of thiophene rings is 1. The van der Waals surface area contributed by atoms with E-state index in [0.29, 0.717) is 12.4 Å². The smallest absolute Gasteiger partial charge is 0.239 e. The number of aromatic nitrogens is 2. The highest BCUT2D eigenvalue weighted by Crippen LogP contribution is 2.27. The van der Waals surface area contributed by atoms with E-state index in [4.69, 9.17) is 4.42 Å². The summed E-state index contributed by atoms with van der Waals surface area (Å²) in [5, 5.41) is 6.76. The third-order valence-corrected chi connectivity index (χ3v) is 3.87. The molecule has 0 saturated carbocycles. The first-order chi connectivity index (χ1) is 10.2. The molecule has 0 aliphatic carbocycles. The third-order valence-electron chi connectivity index (χ3n) is 2.91. The van der Waals surface area contributed by atoms with Crippen molar-refractivity contribution >= 4 is 33.3 Å². The standard InChI is InChI=1S/C14H14N4O2S/c1-9-5-11-13(17-8-18-14(11)21-9)16-7-12(19)15-6-10-3-2-4-20-10/h2-5,8H,6-7H2,1H3,(H,15,19)(H,16,17,18). The molecule has 0 aliphatic rings. The van der Waals surface area contributed by atoms with E-state index in [1.54, 1.807) is 23.7 Å². The molecule has 3 aromatic rings. The largest absolute Gasteiger partial charge is 0.467 e. The first kappa shape index (κ1) is 13.6. The molecular formula is C14H14N4O2S. The molecule has 0 unspecified atom stereocenters. The van der Waals surface area contributed by atoms with Crippen LogP contribution in [0, 0.1) is 6.92 Å². The van der Waals surface area contributed by atoms with Crippen molar-refractivity contribution in [3.8, 4) is 0 Å². The van der Waals surface area contributed by atoms with Crippen LogP contribution in [0.1, 0.15) is 10.6 Å². The van der Waals surface area contributed by atoms with Crippen LogP contribution in [0.5, 0.6) is 0 Å². The van der Waals surface area contributed by atoms with Gasteiger partial charge in [0, 0.05) is 4.88 Å². The van der Waals surface area contributed by atoms with Gasteiger partial charge in [-0.15, -0.1) is 11.3 Å². The molecule has 7 heteroatoms. The molecule has 1 amide bonds. The number of fused-ring (bicyclic) bond motifs is 1. The summed E-state index contributed by atoms with van der Waals surface area (Å²) < 4.78 is 5.15. The number of furan rings is 1. The minimum atomic E-state index is -0.120. The van der Waals surface area contributed by atoms with Gasteiger partial charge in [-0.1, -0.05) is 0 Å². The molecule has 0 bridgehead atoms. The number of carbonyl (C=O) groups excluding carboxylic acids is 1. The van der Waals surface area contributed by atoms with Crippen LogP contribution in [0.3, 0.4) is 0 Å². The van der Waals surface area contributed by atoms with E-state index in [0.717, 1.165) is 20.9 Å². The van der Waals surface area contributed by atoms with Gasteiger partial charge in [-0.2, -0.15) is 0 Å². The molecule has 0 saturated heterocycles. The quantitative estimate of drug-likeness (QED) is 0.756. The fourth-order valence-electron chi connectivity index (χ4n) is 1.94. The number of amides is 1. The van der Waals surface area contributed by atoms with Crippen LogP contribution in [0.25, 0.3) is 10.2 Å². The zero-order chi connectivity index (χ0) is 14.7. The predicted octanol–water partition coefficient (Wildman–Crippen LogP) is 2.32. The minimum Gasteiger partial charge on any atom is -0.467 e. The fraction of sp³-hybridized carbons (Fsp3) is 0.214. The first-order valence-corrected chi connectivity index (χ1v) is 7.28. The van der Waals surface area contributed by atoms with Crippen LogP contribution >= 0.6 is 11.3 Å². The van der Waals surface area contributed by atoms with Gasteiger partial charge in [0.2, 0.25) is 5.91 Å². The van der Waals surface area contributed by atoms with Crippen molar-refractivity contribution in [2.75, 3.05) is 11.9 Å². The number of aryl methyl sites for hydroxylation is 1. The van der Waals surface area contributed by atoms with Gasteiger partial charge >= 0.3 is 0 Å². The topological polar surface area (TPSA) is 80.0 Å². The summed E-state index contributed by atoms with van der Waals surface area (Å²) in [6.07, 6.45) is 3.08. The van der Waals surface area contributed by atoms with E-state index in [-0.39, 0.29) is 12.5 Å². The lowest BCUT2D eigenvalue weighted by Gasteiger charge is -2.06. The highest BCUT2D eigenvalue weighted by molar-refractivity contribution is 7.18. The Morgan fingerprint density at radius 1 is 1.43 bits per heavy atom. The van der Waals surface area contributed by atoms with Crippen molar-refractivity contribution in [1.82, 2.24) is 15.3 Å². The fourth-order valence-corrected chi connectivity index (χ4v) is 2.79. The maximum Gasteiger partial charge on any atom is 0.239 e. The molecule has 0 fully saturated rings. The Morgan fingerprint density at radius 3 is 3.14 bits per heavy atom. The molecular weight excluding hydrogens is 288 g/mol. The molecule has 108 valence electrons. The minimum absolute atomic E-state index is 0.120. The average molecular weight is 302 g/mol. The number of hydrogen-bond donors (Lipinski definition) is 2. The van der Waals surface area contributed by atoms with Crippen LogP contribution in [0.4, 0.5) is 5.82 Å². The third kappa shape index (κ3) is 3.19. The lowest BCUT2D eigenvalue weighted by Crippen LogP contribution is -2.29. The summed E-state index contributed by atoms with van der Waals surface area (Å²) in [5.74, 6) is 1.28. The predicted molar refractivity (Wildman–Crippen MR) is 81.2 cm³/mol. The summed E-state index contributed by atoms with van der Waals surface area (Å²) in [6.45, 7) is 2.55. The molecule has 0 aliphatic heterocycles. The van der Waals surface area contributed by atoms with Crippen molar-refractivity contribution < 1.29 is 9.21 Å². The number of nitrogens with zero attached hydrogens (tertiary/aromatic N) is 2. The van der Waals surface area contributed by atoms with Gasteiger partial charge in [0.05, 0.1) is 24.7 Å². The van der Waals surface area contributed by atoms with Gasteiger partial charge in [-0.25, -0.2) is 9.97 Å². The van der Waals surface area contributed by atoms with E-state index in [1.807, 2.05) is 19.1 Å². The van der Waals surface area contributed by atoms with Crippen LogP contribution < -0.4 is 10.6 Å². The van der Waals surface area contributed by atoms with Gasteiger partial charge in [-0.3, -0.25) is 4.79 Å². The van der Waals surface area contributed by atoms with Gasteiger partial charge < -0.3 is 15.1 Å². The van der Waals surface area contributed by atoms with Gasteiger partial charge in [0.25, 0.3) is 0 Å². The molecule has 3 heterocycles.